The standard InChI is InChI=1S/C15H15NO2S/c1-9-13(15(17)18)19-14(16-9)12-8-4-6-10-5-2-3-7-11(10)12/h2-3,5,7,12H,4,6,8H2,1H3,(H,17,18). The van der Waals surface area contributed by atoms with Crippen LogP contribution >= 0.6 is 11.3 Å². The highest BCUT2D eigenvalue weighted by Gasteiger charge is 2.26. The lowest BCUT2D eigenvalue weighted by Gasteiger charge is -2.23. The van der Waals surface area contributed by atoms with Crippen LogP contribution in [0, 0.1) is 6.92 Å². The molecule has 1 atom stereocenters. The average Bonchev–Trinajstić information content (AvgIpc) is 2.80. The van der Waals surface area contributed by atoms with E-state index in [4.69, 9.17) is 5.11 Å². The molecule has 0 saturated heterocycles. The second kappa shape index (κ2) is 4.78. The van der Waals surface area contributed by atoms with Gasteiger partial charge in [0.25, 0.3) is 0 Å². The molecule has 0 fully saturated rings. The number of aryl methyl sites for hydroxylation is 2. The van der Waals surface area contributed by atoms with Gasteiger partial charge < -0.3 is 5.11 Å². The number of hydrogen-bond donors (Lipinski definition) is 1. The van der Waals surface area contributed by atoms with Crippen molar-refractivity contribution in [3.63, 3.8) is 0 Å². The summed E-state index contributed by atoms with van der Waals surface area (Å²) in [5.74, 6) is -0.605. The maximum absolute atomic E-state index is 11.1. The number of rotatable bonds is 2. The molecule has 1 unspecified atom stereocenters. The molecule has 1 aliphatic rings. The minimum Gasteiger partial charge on any atom is -0.477 e. The first-order valence-corrected chi connectivity index (χ1v) is 7.27. The summed E-state index contributed by atoms with van der Waals surface area (Å²) >= 11 is 1.33. The van der Waals surface area contributed by atoms with E-state index in [1.165, 1.54) is 22.5 Å². The molecule has 1 N–H and O–H groups in total. The summed E-state index contributed by atoms with van der Waals surface area (Å²) < 4.78 is 0. The molecule has 0 spiro atoms. The largest absolute Gasteiger partial charge is 0.477 e. The van der Waals surface area contributed by atoms with Crippen molar-refractivity contribution in [1.29, 1.82) is 0 Å². The van der Waals surface area contributed by atoms with Gasteiger partial charge in [0.15, 0.2) is 0 Å². The number of thiazole rings is 1. The fraction of sp³-hybridized carbons (Fsp3) is 0.333. The molecule has 4 heteroatoms. The van der Waals surface area contributed by atoms with Gasteiger partial charge in [0.05, 0.1) is 5.69 Å². The van der Waals surface area contributed by atoms with E-state index in [0.29, 0.717) is 10.6 Å². The topological polar surface area (TPSA) is 50.2 Å². The van der Waals surface area contributed by atoms with E-state index in [1.54, 1.807) is 6.92 Å². The molecule has 3 nitrogen and oxygen atoms in total. The number of aromatic carboxylic acids is 1. The summed E-state index contributed by atoms with van der Waals surface area (Å²) in [7, 11) is 0. The van der Waals surface area contributed by atoms with Crippen molar-refractivity contribution in [2.24, 2.45) is 0 Å². The zero-order valence-corrected chi connectivity index (χ0v) is 11.5. The summed E-state index contributed by atoms with van der Waals surface area (Å²) in [5.41, 5.74) is 3.33. The third-order valence-corrected chi connectivity index (χ3v) is 4.93. The molecule has 1 heterocycles. The highest BCUT2D eigenvalue weighted by Crippen LogP contribution is 2.38. The van der Waals surface area contributed by atoms with Gasteiger partial charge in [-0.1, -0.05) is 24.3 Å². The van der Waals surface area contributed by atoms with Gasteiger partial charge in [0, 0.05) is 5.92 Å². The zero-order chi connectivity index (χ0) is 13.4. The second-order valence-electron chi connectivity index (χ2n) is 4.92. The van der Waals surface area contributed by atoms with Gasteiger partial charge in [-0.05, 0) is 37.3 Å². The van der Waals surface area contributed by atoms with Crippen LogP contribution in [0.25, 0.3) is 0 Å². The minimum atomic E-state index is -0.870. The molecule has 1 aromatic carbocycles. The molecule has 0 aliphatic heterocycles. The van der Waals surface area contributed by atoms with Crippen molar-refractivity contribution in [3.05, 3.63) is 51.0 Å². The Balaban J connectivity index is 2.04. The van der Waals surface area contributed by atoms with E-state index in [0.717, 1.165) is 24.3 Å². The van der Waals surface area contributed by atoms with Gasteiger partial charge in [-0.15, -0.1) is 11.3 Å². The molecule has 3 rings (SSSR count). The van der Waals surface area contributed by atoms with Crippen LogP contribution < -0.4 is 0 Å². The number of aromatic nitrogens is 1. The van der Waals surface area contributed by atoms with Crippen molar-refractivity contribution >= 4 is 17.3 Å². The Morgan fingerprint density at radius 1 is 1.42 bits per heavy atom. The van der Waals surface area contributed by atoms with Gasteiger partial charge in [-0.25, -0.2) is 9.78 Å². The fourth-order valence-corrected chi connectivity index (χ4v) is 3.83. The summed E-state index contributed by atoms with van der Waals surface area (Å²) in [6.45, 7) is 1.78. The van der Waals surface area contributed by atoms with Gasteiger partial charge in [-0.2, -0.15) is 0 Å². The van der Waals surface area contributed by atoms with Gasteiger partial charge in [0.1, 0.15) is 9.88 Å². The summed E-state index contributed by atoms with van der Waals surface area (Å²) in [6, 6.07) is 8.43. The van der Waals surface area contributed by atoms with Crippen LogP contribution in [0.15, 0.2) is 24.3 Å². The Morgan fingerprint density at radius 3 is 2.95 bits per heavy atom. The van der Waals surface area contributed by atoms with Gasteiger partial charge in [0.2, 0.25) is 0 Å². The van der Waals surface area contributed by atoms with Crippen LogP contribution in [0.1, 0.15) is 50.3 Å². The van der Waals surface area contributed by atoms with E-state index >= 15 is 0 Å². The van der Waals surface area contributed by atoms with Crippen molar-refractivity contribution < 1.29 is 9.90 Å². The highest BCUT2D eigenvalue weighted by atomic mass is 32.1. The Kier molecular flexibility index (Phi) is 3.11. The van der Waals surface area contributed by atoms with Crippen LogP contribution in [-0.4, -0.2) is 16.1 Å². The Bertz CT molecular complexity index is 633. The lowest BCUT2D eigenvalue weighted by molar-refractivity contribution is 0.0701. The molecule has 0 saturated carbocycles. The quantitative estimate of drug-likeness (QED) is 0.909. The van der Waals surface area contributed by atoms with E-state index < -0.39 is 5.97 Å². The molecule has 98 valence electrons. The molecule has 19 heavy (non-hydrogen) atoms. The predicted octanol–water partition coefficient (Wildman–Crippen LogP) is 3.62. The van der Waals surface area contributed by atoms with Gasteiger partial charge >= 0.3 is 5.97 Å². The fourth-order valence-electron chi connectivity index (χ4n) is 2.78. The number of hydrogen-bond acceptors (Lipinski definition) is 3. The summed E-state index contributed by atoms with van der Waals surface area (Å²) in [4.78, 5) is 16.0. The molecular formula is C15H15NO2S. The van der Waals surface area contributed by atoms with E-state index in [1.807, 2.05) is 0 Å². The van der Waals surface area contributed by atoms with Crippen LogP contribution in [0.3, 0.4) is 0 Å². The van der Waals surface area contributed by atoms with Crippen LogP contribution in [-0.2, 0) is 6.42 Å². The number of carboxylic acid groups (broad SMARTS) is 1. The zero-order valence-electron chi connectivity index (χ0n) is 10.7. The van der Waals surface area contributed by atoms with Crippen molar-refractivity contribution in [3.8, 4) is 0 Å². The third-order valence-electron chi connectivity index (χ3n) is 3.67. The lowest BCUT2D eigenvalue weighted by Crippen LogP contribution is -2.10. The SMILES string of the molecule is Cc1nc(C2CCCc3ccccc32)sc1C(=O)O. The lowest BCUT2D eigenvalue weighted by atomic mass is 9.83. The molecule has 0 amide bonds. The smallest absolute Gasteiger partial charge is 0.347 e. The number of carbonyl (C=O) groups is 1. The second-order valence-corrected chi connectivity index (χ2v) is 5.95. The predicted molar refractivity (Wildman–Crippen MR) is 75.0 cm³/mol. The number of carboxylic acids is 1. The molecule has 0 bridgehead atoms. The van der Waals surface area contributed by atoms with Crippen LogP contribution in [0.2, 0.25) is 0 Å². The van der Waals surface area contributed by atoms with Crippen molar-refractivity contribution in [2.45, 2.75) is 32.1 Å². The Morgan fingerprint density at radius 2 is 2.21 bits per heavy atom. The number of benzene rings is 1. The maximum atomic E-state index is 11.1. The van der Waals surface area contributed by atoms with E-state index in [-0.39, 0.29) is 5.92 Å². The molecule has 2 aromatic rings. The first kappa shape index (κ1) is 12.4. The van der Waals surface area contributed by atoms with Crippen molar-refractivity contribution in [2.75, 3.05) is 0 Å². The maximum Gasteiger partial charge on any atom is 0.347 e. The first-order chi connectivity index (χ1) is 9.16. The van der Waals surface area contributed by atoms with Gasteiger partial charge in [-0.3, -0.25) is 0 Å². The third kappa shape index (κ3) is 2.16. The monoisotopic (exact) mass is 273 g/mol. The minimum absolute atomic E-state index is 0.266. The highest BCUT2D eigenvalue weighted by molar-refractivity contribution is 7.13. The van der Waals surface area contributed by atoms with E-state index in [2.05, 4.69) is 29.2 Å². The average molecular weight is 273 g/mol. The normalized spacial score (nSPS) is 18.1. The van der Waals surface area contributed by atoms with Crippen molar-refractivity contribution in [1.82, 2.24) is 4.98 Å². The first-order valence-electron chi connectivity index (χ1n) is 6.45. The summed E-state index contributed by atoms with van der Waals surface area (Å²) in [6.07, 6.45) is 3.31. The number of fused-ring (bicyclic) bond motifs is 1. The Hall–Kier alpha value is -1.68. The summed E-state index contributed by atoms with van der Waals surface area (Å²) in [5, 5.41) is 10.1. The van der Waals surface area contributed by atoms with E-state index in [9.17, 15) is 4.79 Å². The molecule has 1 aliphatic carbocycles. The molecular weight excluding hydrogens is 258 g/mol. The molecule has 0 radical (unpaired) electrons. The van der Waals surface area contributed by atoms with Crippen LogP contribution in [0.5, 0.6) is 0 Å². The Labute approximate surface area is 115 Å². The van der Waals surface area contributed by atoms with Crippen LogP contribution in [0.4, 0.5) is 0 Å². The number of nitrogens with zero attached hydrogens (tertiary/aromatic N) is 1. The molecule has 1 aromatic heterocycles.